The number of imidazole rings is 1. The van der Waals surface area contributed by atoms with Gasteiger partial charge in [-0.15, -0.1) is 0 Å². The molecule has 0 radical (unpaired) electrons. The number of aromatic amines is 1. The molecule has 29 heavy (non-hydrogen) atoms. The molecule has 0 spiro atoms. The van der Waals surface area contributed by atoms with Gasteiger partial charge in [-0.3, -0.25) is 4.57 Å². The first-order chi connectivity index (χ1) is 14.2. The highest BCUT2D eigenvalue weighted by Crippen LogP contribution is 2.22. The number of rotatable bonds is 4. The van der Waals surface area contributed by atoms with Crippen molar-refractivity contribution >= 4 is 16.4 Å². The van der Waals surface area contributed by atoms with Crippen molar-refractivity contribution in [2.75, 3.05) is 0 Å². The average Bonchev–Trinajstić information content (AvgIpc) is 3.02. The molecule has 5 rings (SSSR count). The Hall–Kier alpha value is -3.86. The van der Waals surface area contributed by atoms with Crippen molar-refractivity contribution in [1.29, 1.82) is 0 Å². The molecular formula is C24H19N3O2. The SMILES string of the molecule is O=c1[nH]c2ccccc2c2c(Cc3ccccc3)n(Cc3ccccc3)c(=O)n12. The molecule has 1 N–H and O–H groups in total. The van der Waals surface area contributed by atoms with Gasteiger partial charge in [0.1, 0.15) is 0 Å². The molecule has 0 bridgehead atoms. The molecule has 2 aromatic heterocycles. The fraction of sp³-hybridized carbons (Fsp3) is 0.0833. The summed E-state index contributed by atoms with van der Waals surface area (Å²) in [5, 5.41) is 0.863. The summed E-state index contributed by atoms with van der Waals surface area (Å²) in [7, 11) is 0. The van der Waals surface area contributed by atoms with Crippen molar-refractivity contribution in [2.45, 2.75) is 13.0 Å². The molecule has 5 aromatic rings. The summed E-state index contributed by atoms with van der Waals surface area (Å²) in [6, 6.07) is 27.5. The van der Waals surface area contributed by atoms with Crippen molar-refractivity contribution in [1.82, 2.24) is 14.0 Å². The lowest BCUT2D eigenvalue weighted by Crippen LogP contribution is -2.30. The standard InChI is InChI=1S/C24H19N3O2/c28-23-25-20-14-8-7-13-19(20)22-21(15-17-9-3-1-4-10-17)26(24(29)27(22)23)16-18-11-5-2-6-12-18/h1-14H,15-16H2,(H,25,28). The van der Waals surface area contributed by atoms with Gasteiger partial charge in [-0.1, -0.05) is 78.9 Å². The maximum atomic E-state index is 13.3. The molecule has 0 atom stereocenters. The van der Waals surface area contributed by atoms with Crippen molar-refractivity contribution in [2.24, 2.45) is 0 Å². The summed E-state index contributed by atoms with van der Waals surface area (Å²) in [5.74, 6) is 0. The third-order valence-electron chi connectivity index (χ3n) is 5.27. The topological polar surface area (TPSA) is 59.3 Å². The van der Waals surface area contributed by atoms with Crippen molar-refractivity contribution < 1.29 is 0 Å². The second-order valence-electron chi connectivity index (χ2n) is 7.12. The monoisotopic (exact) mass is 381 g/mol. The minimum absolute atomic E-state index is 0.318. The van der Waals surface area contributed by atoms with Gasteiger partial charge in [0.2, 0.25) is 0 Å². The molecule has 142 valence electrons. The summed E-state index contributed by atoms with van der Waals surface area (Å²) in [6.07, 6.45) is 0.562. The lowest BCUT2D eigenvalue weighted by atomic mass is 10.1. The van der Waals surface area contributed by atoms with Crippen LogP contribution in [0.25, 0.3) is 16.4 Å². The van der Waals surface area contributed by atoms with Crippen LogP contribution in [-0.2, 0) is 13.0 Å². The Bertz CT molecular complexity index is 1430. The fourth-order valence-corrected chi connectivity index (χ4v) is 3.92. The van der Waals surface area contributed by atoms with Crippen LogP contribution in [0.4, 0.5) is 0 Å². The predicted octanol–water partition coefficient (Wildman–Crippen LogP) is 3.58. The minimum atomic E-state index is -0.412. The number of aromatic nitrogens is 3. The number of para-hydroxylation sites is 1. The van der Waals surface area contributed by atoms with Crippen LogP contribution >= 0.6 is 0 Å². The Morgan fingerprint density at radius 2 is 1.34 bits per heavy atom. The van der Waals surface area contributed by atoms with Gasteiger partial charge in [0.25, 0.3) is 0 Å². The molecule has 0 saturated carbocycles. The molecule has 0 saturated heterocycles. The molecular weight excluding hydrogens is 362 g/mol. The van der Waals surface area contributed by atoms with E-state index in [0.717, 1.165) is 27.7 Å². The third kappa shape index (κ3) is 2.97. The number of hydrogen-bond donors (Lipinski definition) is 1. The predicted molar refractivity (Wildman–Crippen MR) is 115 cm³/mol. The van der Waals surface area contributed by atoms with Crippen LogP contribution < -0.4 is 11.4 Å². The number of nitrogens with one attached hydrogen (secondary N) is 1. The number of nitrogens with zero attached hydrogens (tertiary/aromatic N) is 2. The lowest BCUT2D eigenvalue weighted by Gasteiger charge is -2.09. The number of benzene rings is 3. The zero-order chi connectivity index (χ0) is 19.8. The van der Waals surface area contributed by atoms with E-state index in [4.69, 9.17) is 0 Å². The number of H-pyrrole nitrogens is 1. The van der Waals surface area contributed by atoms with E-state index in [-0.39, 0.29) is 5.69 Å². The van der Waals surface area contributed by atoms with Crippen LogP contribution in [0.2, 0.25) is 0 Å². The first-order valence-electron chi connectivity index (χ1n) is 9.55. The van der Waals surface area contributed by atoms with Gasteiger partial charge < -0.3 is 4.98 Å². The van der Waals surface area contributed by atoms with E-state index in [9.17, 15) is 9.59 Å². The molecule has 0 aliphatic rings. The number of hydrogen-bond acceptors (Lipinski definition) is 2. The van der Waals surface area contributed by atoms with E-state index < -0.39 is 5.69 Å². The Morgan fingerprint density at radius 1 is 0.724 bits per heavy atom. The fourth-order valence-electron chi connectivity index (χ4n) is 3.92. The smallest absolute Gasteiger partial charge is 0.306 e. The maximum Gasteiger partial charge on any atom is 0.337 e. The summed E-state index contributed by atoms with van der Waals surface area (Å²) in [5.41, 5.74) is 3.61. The summed E-state index contributed by atoms with van der Waals surface area (Å²) in [6.45, 7) is 0.414. The van der Waals surface area contributed by atoms with Crippen LogP contribution in [-0.4, -0.2) is 14.0 Å². The van der Waals surface area contributed by atoms with E-state index >= 15 is 0 Å². The largest absolute Gasteiger partial charge is 0.337 e. The van der Waals surface area contributed by atoms with Crippen molar-refractivity contribution in [3.63, 3.8) is 0 Å². The van der Waals surface area contributed by atoms with Crippen LogP contribution in [0.3, 0.4) is 0 Å². The van der Waals surface area contributed by atoms with Crippen LogP contribution in [0.5, 0.6) is 0 Å². The van der Waals surface area contributed by atoms with E-state index in [1.165, 1.54) is 4.40 Å². The van der Waals surface area contributed by atoms with Gasteiger partial charge in [0.15, 0.2) is 0 Å². The van der Waals surface area contributed by atoms with E-state index in [0.29, 0.717) is 18.5 Å². The first kappa shape index (κ1) is 17.3. The molecule has 0 amide bonds. The van der Waals surface area contributed by atoms with Gasteiger partial charge in [0.05, 0.1) is 23.3 Å². The second-order valence-corrected chi connectivity index (χ2v) is 7.12. The van der Waals surface area contributed by atoms with Gasteiger partial charge in [-0.05, 0) is 17.2 Å². The molecule has 0 unspecified atom stereocenters. The van der Waals surface area contributed by atoms with Gasteiger partial charge in [0, 0.05) is 11.8 Å². The highest BCUT2D eigenvalue weighted by atomic mass is 16.2. The Kier molecular flexibility index (Phi) is 4.13. The van der Waals surface area contributed by atoms with Gasteiger partial charge >= 0.3 is 11.4 Å². The lowest BCUT2D eigenvalue weighted by molar-refractivity contribution is 0.711. The molecule has 5 heteroatoms. The molecule has 0 aliphatic carbocycles. The van der Waals surface area contributed by atoms with E-state index in [1.54, 1.807) is 4.57 Å². The summed E-state index contributed by atoms with van der Waals surface area (Å²) < 4.78 is 2.99. The molecule has 2 heterocycles. The molecule has 3 aromatic carbocycles. The van der Waals surface area contributed by atoms with Crippen molar-refractivity contribution in [3.05, 3.63) is 123 Å². The zero-order valence-electron chi connectivity index (χ0n) is 15.7. The van der Waals surface area contributed by atoms with Crippen LogP contribution in [0.15, 0.2) is 94.5 Å². The minimum Gasteiger partial charge on any atom is -0.306 e. The van der Waals surface area contributed by atoms with Crippen molar-refractivity contribution in [3.8, 4) is 0 Å². The highest BCUT2D eigenvalue weighted by molar-refractivity contribution is 5.94. The second kappa shape index (κ2) is 6.95. The Balaban J connectivity index is 1.85. The quantitative estimate of drug-likeness (QED) is 0.517. The third-order valence-corrected chi connectivity index (χ3v) is 5.27. The van der Waals surface area contributed by atoms with Gasteiger partial charge in [-0.2, -0.15) is 0 Å². The summed E-state index contributed by atoms with van der Waals surface area (Å²) >= 11 is 0. The maximum absolute atomic E-state index is 13.3. The molecule has 0 aliphatic heterocycles. The van der Waals surface area contributed by atoms with E-state index in [2.05, 4.69) is 4.98 Å². The van der Waals surface area contributed by atoms with Crippen LogP contribution in [0.1, 0.15) is 16.8 Å². The molecule has 5 nitrogen and oxygen atoms in total. The zero-order valence-corrected chi connectivity index (χ0v) is 15.7. The Morgan fingerprint density at radius 3 is 2.07 bits per heavy atom. The van der Waals surface area contributed by atoms with Gasteiger partial charge in [-0.25, -0.2) is 14.0 Å². The number of fused-ring (bicyclic) bond motifs is 3. The molecule has 0 fully saturated rings. The van der Waals surface area contributed by atoms with Crippen LogP contribution in [0, 0.1) is 0 Å². The first-order valence-corrected chi connectivity index (χ1v) is 9.55. The summed E-state index contributed by atoms with van der Waals surface area (Å²) in [4.78, 5) is 28.9. The Labute approximate surface area is 166 Å². The highest BCUT2D eigenvalue weighted by Gasteiger charge is 2.19. The average molecular weight is 381 g/mol. The van der Waals surface area contributed by atoms with E-state index in [1.807, 2.05) is 84.9 Å². The normalized spacial score (nSPS) is 11.3.